The van der Waals surface area contributed by atoms with Gasteiger partial charge in [0.25, 0.3) is 10.5 Å². The first-order valence-electron chi connectivity index (χ1n) is 12.2. The Balaban J connectivity index is 0.000000157. The van der Waals surface area contributed by atoms with Gasteiger partial charge in [0.05, 0.1) is 12.0 Å². The van der Waals surface area contributed by atoms with Crippen LogP contribution in [-0.4, -0.2) is 56.0 Å². The summed E-state index contributed by atoms with van der Waals surface area (Å²) in [5.41, 5.74) is 0. The van der Waals surface area contributed by atoms with E-state index in [1.807, 2.05) is 0 Å². The van der Waals surface area contributed by atoms with Crippen LogP contribution in [0.5, 0.6) is 0 Å². The van der Waals surface area contributed by atoms with Crippen molar-refractivity contribution in [3.05, 3.63) is 78.9 Å². The van der Waals surface area contributed by atoms with E-state index in [9.17, 15) is 17.9 Å². The number of rotatable bonds is 3. The second-order valence-electron chi connectivity index (χ2n) is 9.04. The van der Waals surface area contributed by atoms with E-state index in [0.29, 0.717) is 15.9 Å². The van der Waals surface area contributed by atoms with Crippen LogP contribution in [0.15, 0.2) is 78.9 Å². The third-order valence-corrected chi connectivity index (χ3v) is 8.98. The Kier molecular flexibility index (Phi) is 12.0. The van der Waals surface area contributed by atoms with E-state index in [2.05, 4.69) is 119 Å². The third kappa shape index (κ3) is 8.00. The van der Waals surface area contributed by atoms with Crippen molar-refractivity contribution in [1.29, 1.82) is 0 Å². The SMILES string of the molecule is O=C(CF)OC1C2CC3C(=O)OC1C3O2.O=S(=O)([O-])F.[I][V][I].c1ccc(-[s+]2c3ccccc3c3ccccc32)cc1. The molecule has 2 bridgehead atoms. The number of alkyl halides is 1. The van der Waals surface area contributed by atoms with E-state index in [4.69, 9.17) is 27.2 Å². The first kappa shape index (κ1) is 33.5. The molecule has 1 aromatic heterocycles. The summed E-state index contributed by atoms with van der Waals surface area (Å²) in [6.07, 6.45) is -1.27. The smallest absolute Gasteiger partial charge is 0.0619 e. The van der Waals surface area contributed by atoms with Crippen LogP contribution < -0.4 is 0 Å². The van der Waals surface area contributed by atoms with Crippen molar-refractivity contribution in [1.82, 2.24) is 0 Å². The Morgan fingerprint density at radius 3 is 2.00 bits per heavy atom. The van der Waals surface area contributed by atoms with E-state index in [0.717, 1.165) is 0 Å². The molecule has 7 rings (SSSR count). The summed E-state index contributed by atoms with van der Waals surface area (Å²) in [5.74, 6) is -1.46. The summed E-state index contributed by atoms with van der Waals surface area (Å²) in [7, 11) is -4.73. The molecule has 5 atom stereocenters. The summed E-state index contributed by atoms with van der Waals surface area (Å²) >= 11 is 4.74. The van der Waals surface area contributed by atoms with Gasteiger partial charge in [0.15, 0.2) is 33.2 Å². The van der Waals surface area contributed by atoms with Crippen molar-refractivity contribution in [3.63, 3.8) is 0 Å². The summed E-state index contributed by atoms with van der Waals surface area (Å²) in [6, 6.07) is 28.4. The topological polar surface area (TPSA) is 119 Å². The number of carbonyl (C=O) groups is 2. The van der Waals surface area contributed by atoms with Crippen molar-refractivity contribution >= 4 is 93.0 Å². The molecule has 3 fully saturated rings. The molecule has 0 saturated carbocycles. The van der Waals surface area contributed by atoms with E-state index in [-0.39, 0.29) is 34.6 Å². The Morgan fingerprint density at radius 2 is 1.48 bits per heavy atom. The van der Waals surface area contributed by atoms with Crippen LogP contribution in [0.4, 0.5) is 8.28 Å². The maximum atomic E-state index is 12.0. The molecule has 3 aromatic carbocycles. The average molecular weight is 881 g/mol. The van der Waals surface area contributed by atoms with Crippen molar-refractivity contribution in [2.24, 2.45) is 5.92 Å². The number of thiophene rings is 1. The summed E-state index contributed by atoms with van der Waals surface area (Å²) in [5, 5.41) is 2.79. The monoisotopic (exact) mass is 881 g/mol. The second-order valence-corrected chi connectivity index (χ2v) is 23.6. The molecule has 42 heavy (non-hydrogen) atoms. The van der Waals surface area contributed by atoms with Gasteiger partial charge in [-0.2, -0.15) is 0 Å². The second kappa shape index (κ2) is 15.1. The number of ether oxygens (including phenoxy) is 3. The molecule has 3 saturated heterocycles. The number of carbonyl (C=O) groups excluding carboxylic acids is 2. The predicted octanol–water partition coefficient (Wildman–Crippen LogP) is 6.50. The average Bonchev–Trinajstić information content (AvgIpc) is 3.68. The molecule has 0 aliphatic carbocycles. The van der Waals surface area contributed by atoms with Crippen LogP contribution in [0.3, 0.4) is 0 Å². The van der Waals surface area contributed by atoms with Gasteiger partial charge in [-0.3, -0.25) is 4.79 Å². The number of fused-ring (bicyclic) bond motifs is 4. The number of hydrogen-bond donors (Lipinski definition) is 0. The molecule has 3 aliphatic rings. The third-order valence-electron chi connectivity index (χ3n) is 6.64. The Hall–Kier alpha value is -1.41. The fraction of sp³-hybridized carbons (Fsp3) is 0.259. The van der Waals surface area contributed by atoms with Gasteiger partial charge in [-0.15, -0.1) is 3.89 Å². The zero-order chi connectivity index (χ0) is 30.4. The normalized spacial score (nSPS) is 23.1. The molecule has 8 nitrogen and oxygen atoms in total. The van der Waals surface area contributed by atoms with E-state index >= 15 is 0 Å². The maximum Gasteiger partial charge on any atom is 0.187 e. The van der Waals surface area contributed by atoms with Crippen LogP contribution in [0.25, 0.3) is 25.1 Å². The largest absolute Gasteiger partial charge is 0.187 e. The number of benzene rings is 3. The molecule has 3 aliphatic heterocycles. The van der Waals surface area contributed by atoms with Gasteiger partial charge in [-0.25, -0.2) is 17.6 Å². The van der Waals surface area contributed by atoms with Gasteiger partial charge in [-0.05, 0) is 42.8 Å². The Labute approximate surface area is 272 Å². The molecule has 223 valence electrons. The molecule has 4 heterocycles. The maximum absolute atomic E-state index is 12.0. The van der Waals surface area contributed by atoms with Crippen molar-refractivity contribution < 1.29 is 54.5 Å². The van der Waals surface area contributed by atoms with Crippen molar-refractivity contribution in [2.75, 3.05) is 6.67 Å². The molecule has 0 amide bonds. The predicted molar refractivity (Wildman–Crippen MR) is 167 cm³/mol. The molecular formula is C27H22F2I2O8S2V. The number of halogens is 4. The van der Waals surface area contributed by atoms with Crippen LogP contribution >= 0.6 is 50.4 Å². The minimum atomic E-state index is -5.42. The minimum absolute atomic E-state index is 0.0594. The number of hydrogen-bond acceptors (Lipinski definition) is 8. The molecule has 15 heteroatoms. The first-order chi connectivity index (χ1) is 20.1. The zero-order valence-corrected chi connectivity index (χ0v) is 28.7. The van der Waals surface area contributed by atoms with Gasteiger partial charge in [0, 0.05) is 21.2 Å². The molecule has 5 unspecified atom stereocenters. The van der Waals surface area contributed by atoms with Crippen LogP contribution in [-0.2, 0) is 43.8 Å². The van der Waals surface area contributed by atoms with Gasteiger partial charge in [0.1, 0.15) is 6.10 Å². The van der Waals surface area contributed by atoms with Gasteiger partial charge < -0.3 is 18.8 Å². The van der Waals surface area contributed by atoms with E-state index in [1.54, 1.807) is 0 Å². The minimum Gasteiger partial charge on any atom is -0.0619 e. The number of esters is 2. The van der Waals surface area contributed by atoms with E-state index in [1.165, 1.54) is 25.1 Å². The van der Waals surface area contributed by atoms with Crippen molar-refractivity contribution in [3.8, 4) is 4.90 Å². The van der Waals surface area contributed by atoms with Gasteiger partial charge in [-0.1, -0.05) is 42.5 Å². The van der Waals surface area contributed by atoms with Crippen LogP contribution in [0.2, 0.25) is 0 Å². The molecule has 0 radical (unpaired) electrons. The summed E-state index contributed by atoms with van der Waals surface area (Å²) in [6.45, 7) is -1.17. The quantitative estimate of drug-likeness (QED) is 0.0754. The fourth-order valence-electron chi connectivity index (χ4n) is 5.23. The van der Waals surface area contributed by atoms with Crippen LogP contribution in [0.1, 0.15) is 6.42 Å². The first-order valence-corrected chi connectivity index (χ1v) is 23.8. The van der Waals surface area contributed by atoms with E-state index < -0.39 is 35.4 Å². The van der Waals surface area contributed by atoms with Crippen molar-refractivity contribution in [2.45, 2.75) is 30.8 Å². The standard InChI is InChI=1S/C18H13S.C9H9FO5.FHO3S.2HI.V/c1-2-8-14(9-3-1)19-17-12-6-4-10-15(17)16-11-5-7-13-18(16)19;10-2-5(11)14-7-4-1-3-6(13-4)8(7)15-9(3)12;1-5(2,3)4;;;/h1-13H;3-4,6-8H,1-2H2;(H,2,3,4);2*1H;/q+1;;;;;+2/p-3. The van der Waals surface area contributed by atoms with Gasteiger partial charge >= 0.3 is 61.4 Å². The Bertz CT molecular complexity index is 1600. The molecule has 0 spiro atoms. The summed E-state index contributed by atoms with van der Waals surface area (Å²) < 4.78 is 65.6. The molecular weight excluding hydrogens is 859 g/mol. The summed E-state index contributed by atoms with van der Waals surface area (Å²) in [4.78, 5) is 23.5. The fourth-order valence-corrected chi connectivity index (χ4v) is 7.63. The molecule has 0 N–H and O–H groups in total. The van der Waals surface area contributed by atoms with Crippen LogP contribution in [0, 0.1) is 5.92 Å². The zero-order valence-electron chi connectivity index (χ0n) is 21.3. The molecule has 4 aromatic rings. The Morgan fingerprint density at radius 1 is 0.976 bits per heavy atom. The van der Waals surface area contributed by atoms with Gasteiger partial charge in [0.2, 0.25) is 0 Å².